The number of benzene rings is 1. The standard InChI is InChI=1S/C22H27N5O3/c1-4-23-21(13-16(2)3)30-18-10-9-17(15-28)26(14-18)22(29)19-7-5-6-8-20(19)27-24-11-12-25-27/h4-8,11-13,17-18,28H,1,9-10,14-15H2,2-3H3/b23-21+/t17-,18+/m0/s1. The van der Waals surface area contributed by atoms with E-state index in [2.05, 4.69) is 21.8 Å². The number of likely N-dealkylation sites (tertiary alicyclic amines) is 1. The monoisotopic (exact) mass is 409 g/mol. The Kier molecular flexibility index (Phi) is 7.13. The van der Waals surface area contributed by atoms with Crippen LogP contribution in [0, 0.1) is 0 Å². The van der Waals surface area contributed by atoms with Gasteiger partial charge >= 0.3 is 0 Å². The summed E-state index contributed by atoms with van der Waals surface area (Å²) in [7, 11) is 0. The molecule has 2 atom stereocenters. The molecule has 0 unspecified atom stereocenters. The van der Waals surface area contributed by atoms with Gasteiger partial charge in [0.25, 0.3) is 5.91 Å². The van der Waals surface area contributed by atoms with Crippen molar-refractivity contribution in [1.29, 1.82) is 0 Å². The molecule has 158 valence electrons. The predicted molar refractivity (Wildman–Crippen MR) is 114 cm³/mol. The van der Waals surface area contributed by atoms with Crippen LogP contribution in [0.25, 0.3) is 5.69 Å². The summed E-state index contributed by atoms with van der Waals surface area (Å²) >= 11 is 0. The van der Waals surface area contributed by atoms with E-state index in [1.807, 2.05) is 26.0 Å². The fourth-order valence-corrected chi connectivity index (χ4v) is 3.46. The van der Waals surface area contributed by atoms with Crippen LogP contribution in [0.4, 0.5) is 0 Å². The Labute approximate surface area is 176 Å². The lowest BCUT2D eigenvalue weighted by Crippen LogP contribution is -2.51. The van der Waals surface area contributed by atoms with Crippen LogP contribution in [-0.2, 0) is 4.74 Å². The molecule has 1 saturated heterocycles. The van der Waals surface area contributed by atoms with E-state index >= 15 is 0 Å². The van der Waals surface area contributed by atoms with Crippen molar-refractivity contribution in [2.24, 2.45) is 4.99 Å². The van der Waals surface area contributed by atoms with Crippen molar-refractivity contribution >= 4 is 11.8 Å². The van der Waals surface area contributed by atoms with Crippen molar-refractivity contribution < 1.29 is 14.6 Å². The van der Waals surface area contributed by atoms with E-state index in [9.17, 15) is 9.90 Å². The van der Waals surface area contributed by atoms with Crippen LogP contribution in [0.2, 0.25) is 0 Å². The van der Waals surface area contributed by atoms with E-state index in [1.54, 1.807) is 35.5 Å². The predicted octanol–water partition coefficient (Wildman–Crippen LogP) is 2.76. The van der Waals surface area contributed by atoms with Crippen LogP contribution in [0.3, 0.4) is 0 Å². The minimum Gasteiger partial charge on any atom is -0.472 e. The van der Waals surface area contributed by atoms with Crippen molar-refractivity contribution in [2.75, 3.05) is 13.2 Å². The number of hydrogen-bond acceptors (Lipinski definition) is 6. The van der Waals surface area contributed by atoms with E-state index in [4.69, 9.17) is 4.74 Å². The lowest BCUT2D eigenvalue weighted by molar-refractivity contribution is 0.0183. The molecule has 0 saturated carbocycles. The van der Waals surface area contributed by atoms with Gasteiger partial charge in [0.15, 0.2) is 0 Å². The van der Waals surface area contributed by atoms with Gasteiger partial charge in [-0.3, -0.25) is 4.79 Å². The molecule has 0 bridgehead atoms. The molecule has 1 aromatic carbocycles. The SMILES string of the molecule is C=C/N=C(\C=C(C)C)O[C@@H]1CC[C@@H](CO)N(C(=O)c2ccccc2-n2nccn2)C1. The molecule has 0 aliphatic carbocycles. The van der Waals surface area contributed by atoms with Crippen LogP contribution in [-0.4, -0.2) is 62.1 Å². The molecule has 0 spiro atoms. The normalized spacial score (nSPS) is 19.3. The molecule has 0 radical (unpaired) electrons. The summed E-state index contributed by atoms with van der Waals surface area (Å²) in [6.07, 6.45) is 7.50. The number of amides is 1. The third-order valence-electron chi connectivity index (χ3n) is 4.82. The van der Waals surface area contributed by atoms with Crippen LogP contribution in [0.1, 0.15) is 37.0 Å². The molecular formula is C22H27N5O3. The molecule has 8 heteroatoms. The number of aromatic nitrogens is 3. The highest BCUT2D eigenvalue weighted by Crippen LogP contribution is 2.24. The topological polar surface area (TPSA) is 92.8 Å². The molecule has 1 aliphatic heterocycles. The first-order valence-electron chi connectivity index (χ1n) is 9.91. The molecule has 1 aromatic heterocycles. The third kappa shape index (κ3) is 5.01. The summed E-state index contributed by atoms with van der Waals surface area (Å²) in [5.41, 5.74) is 2.11. The Morgan fingerprint density at radius 2 is 2.03 bits per heavy atom. The number of ether oxygens (including phenoxy) is 1. The van der Waals surface area contributed by atoms with Crippen LogP contribution in [0.15, 0.2) is 66.1 Å². The number of carbonyl (C=O) groups is 1. The minimum atomic E-state index is -0.278. The van der Waals surface area contributed by atoms with E-state index in [0.717, 1.165) is 5.57 Å². The molecule has 1 aliphatic rings. The van der Waals surface area contributed by atoms with Crippen molar-refractivity contribution in [1.82, 2.24) is 19.9 Å². The maximum Gasteiger partial charge on any atom is 0.256 e. The second kappa shape index (κ2) is 9.98. The number of allylic oxidation sites excluding steroid dienone is 1. The van der Waals surface area contributed by atoms with Crippen molar-refractivity contribution in [3.05, 3.63) is 66.7 Å². The fourth-order valence-electron chi connectivity index (χ4n) is 3.46. The van der Waals surface area contributed by atoms with Gasteiger partial charge < -0.3 is 14.7 Å². The van der Waals surface area contributed by atoms with E-state index < -0.39 is 0 Å². The molecule has 2 aromatic rings. The third-order valence-corrected chi connectivity index (χ3v) is 4.82. The number of aliphatic imine (C=N–C) groups is 1. The first-order valence-corrected chi connectivity index (χ1v) is 9.91. The average Bonchev–Trinajstić information content (AvgIpc) is 3.27. The first kappa shape index (κ1) is 21.4. The number of nitrogens with zero attached hydrogens (tertiary/aromatic N) is 5. The Bertz CT molecular complexity index is 932. The quantitative estimate of drug-likeness (QED) is 0.585. The zero-order valence-corrected chi connectivity index (χ0v) is 17.3. The van der Waals surface area contributed by atoms with E-state index in [1.165, 1.54) is 11.0 Å². The summed E-state index contributed by atoms with van der Waals surface area (Å²) in [5.74, 6) is 0.269. The Hall–Kier alpha value is -3.26. The lowest BCUT2D eigenvalue weighted by Gasteiger charge is -2.39. The minimum absolute atomic E-state index is 0.109. The van der Waals surface area contributed by atoms with Gasteiger partial charge in [-0.2, -0.15) is 15.0 Å². The number of hydrogen-bond donors (Lipinski definition) is 1. The zero-order valence-electron chi connectivity index (χ0n) is 17.3. The fraction of sp³-hybridized carbons (Fsp3) is 0.364. The Morgan fingerprint density at radius 1 is 1.30 bits per heavy atom. The van der Waals surface area contributed by atoms with E-state index in [0.29, 0.717) is 36.5 Å². The highest BCUT2D eigenvalue weighted by molar-refractivity contribution is 5.98. The number of aliphatic hydroxyl groups is 1. The first-order chi connectivity index (χ1) is 14.5. The Morgan fingerprint density at radius 3 is 2.70 bits per heavy atom. The lowest BCUT2D eigenvalue weighted by atomic mass is 9.98. The van der Waals surface area contributed by atoms with Gasteiger partial charge in [-0.15, -0.1) is 0 Å². The van der Waals surface area contributed by atoms with Gasteiger partial charge in [-0.25, -0.2) is 4.99 Å². The highest BCUT2D eigenvalue weighted by atomic mass is 16.5. The number of rotatable bonds is 6. The number of piperidine rings is 1. The summed E-state index contributed by atoms with van der Waals surface area (Å²) in [6.45, 7) is 7.79. The average molecular weight is 409 g/mol. The summed E-state index contributed by atoms with van der Waals surface area (Å²) in [5, 5.41) is 18.2. The van der Waals surface area contributed by atoms with Gasteiger partial charge in [0.05, 0.1) is 42.8 Å². The second-order valence-corrected chi connectivity index (χ2v) is 7.32. The molecule has 1 fully saturated rings. The summed E-state index contributed by atoms with van der Waals surface area (Å²) < 4.78 is 6.05. The van der Waals surface area contributed by atoms with Gasteiger partial charge in [0.2, 0.25) is 5.90 Å². The second-order valence-electron chi connectivity index (χ2n) is 7.32. The van der Waals surface area contributed by atoms with E-state index in [-0.39, 0.29) is 24.7 Å². The molecule has 3 rings (SSSR count). The van der Waals surface area contributed by atoms with Crippen molar-refractivity contribution in [3.8, 4) is 5.69 Å². The van der Waals surface area contributed by atoms with Crippen LogP contribution >= 0.6 is 0 Å². The van der Waals surface area contributed by atoms with Gasteiger partial charge in [0.1, 0.15) is 6.10 Å². The molecular weight excluding hydrogens is 382 g/mol. The van der Waals surface area contributed by atoms with Crippen molar-refractivity contribution in [2.45, 2.75) is 38.8 Å². The number of para-hydroxylation sites is 1. The Balaban J connectivity index is 1.85. The van der Waals surface area contributed by atoms with Crippen LogP contribution in [0.5, 0.6) is 0 Å². The summed E-state index contributed by atoms with van der Waals surface area (Å²) in [6, 6.07) is 6.89. The van der Waals surface area contributed by atoms with Gasteiger partial charge in [-0.1, -0.05) is 24.3 Å². The largest absolute Gasteiger partial charge is 0.472 e. The van der Waals surface area contributed by atoms with Crippen LogP contribution < -0.4 is 0 Å². The maximum atomic E-state index is 13.5. The summed E-state index contributed by atoms with van der Waals surface area (Å²) in [4.78, 5) is 20.7. The zero-order chi connectivity index (χ0) is 21.5. The molecule has 2 heterocycles. The molecule has 1 N–H and O–H groups in total. The molecule has 8 nitrogen and oxygen atoms in total. The molecule has 30 heavy (non-hydrogen) atoms. The number of carbonyl (C=O) groups excluding carboxylic acids is 1. The maximum absolute atomic E-state index is 13.5. The smallest absolute Gasteiger partial charge is 0.256 e. The van der Waals surface area contributed by atoms with Crippen molar-refractivity contribution in [3.63, 3.8) is 0 Å². The number of aliphatic hydroxyl groups excluding tert-OH is 1. The van der Waals surface area contributed by atoms with Gasteiger partial charge in [-0.05, 0) is 44.9 Å². The van der Waals surface area contributed by atoms with Gasteiger partial charge in [0, 0.05) is 6.20 Å². The molecule has 1 amide bonds. The highest BCUT2D eigenvalue weighted by Gasteiger charge is 2.34.